The molecule has 86 valence electrons. The second-order valence-corrected chi connectivity index (χ2v) is 6.77. The van der Waals surface area contributed by atoms with Crippen molar-refractivity contribution in [3.8, 4) is 0 Å². The third-order valence-electron chi connectivity index (χ3n) is 3.17. The zero-order valence-corrected chi connectivity index (χ0v) is 11.0. The van der Waals surface area contributed by atoms with Crippen molar-refractivity contribution < 1.29 is 5.11 Å². The van der Waals surface area contributed by atoms with Crippen molar-refractivity contribution in [2.75, 3.05) is 0 Å². The van der Waals surface area contributed by atoms with Crippen molar-refractivity contribution in [2.45, 2.75) is 67.4 Å². The molecule has 0 aliphatic heterocycles. The highest BCUT2D eigenvalue weighted by atomic mass is 16.3. The van der Waals surface area contributed by atoms with E-state index in [2.05, 4.69) is 48.5 Å². The Hall–Kier alpha value is -0.0400. The van der Waals surface area contributed by atoms with E-state index in [0.29, 0.717) is 5.92 Å². The van der Waals surface area contributed by atoms with Gasteiger partial charge in [0.1, 0.15) is 0 Å². The fourth-order valence-corrected chi connectivity index (χ4v) is 1.62. The van der Waals surface area contributed by atoms with E-state index < -0.39 is 0 Å². The Morgan fingerprint density at radius 2 is 1.36 bits per heavy atom. The number of rotatable bonds is 4. The number of hydrogen-bond donors (Lipinski definition) is 1. The molecule has 1 heteroatoms. The van der Waals surface area contributed by atoms with E-state index >= 15 is 0 Å². The van der Waals surface area contributed by atoms with E-state index in [4.69, 9.17) is 0 Å². The minimum absolute atomic E-state index is 0.160. The van der Waals surface area contributed by atoms with Crippen molar-refractivity contribution in [3.63, 3.8) is 0 Å². The van der Waals surface area contributed by atoms with Gasteiger partial charge in [-0.1, -0.05) is 48.5 Å². The van der Waals surface area contributed by atoms with Crippen LogP contribution in [-0.4, -0.2) is 11.2 Å². The van der Waals surface area contributed by atoms with Gasteiger partial charge in [0.2, 0.25) is 0 Å². The van der Waals surface area contributed by atoms with Gasteiger partial charge in [0.25, 0.3) is 0 Å². The molecule has 0 rings (SSSR count). The largest absolute Gasteiger partial charge is 0.393 e. The summed E-state index contributed by atoms with van der Waals surface area (Å²) in [6, 6.07) is 0. The molecular formula is C13H28O. The van der Waals surface area contributed by atoms with Gasteiger partial charge in [-0.3, -0.25) is 0 Å². The number of aliphatic hydroxyl groups is 1. The molecular weight excluding hydrogens is 172 g/mol. The molecule has 0 amide bonds. The van der Waals surface area contributed by atoms with Crippen molar-refractivity contribution in [1.82, 2.24) is 0 Å². The predicted octanol–water partition coefficient (Wildman–Crippen LogP) is 3.86. The average Bonchev–Trinajstić information content (AvgIpc) is 1.79. The highest BCUT2D eigenvalue weighted by molar-refractivity contribution is 4.78. The van der Waals surface area contributed by atoms with E-state index in [9.17, 15) is 5.11 Å². The Morgan fingerprint density at radius 3 is 1.64 bits per heavy atom. The third kappa shape index (κ3) is 5.64. The fourth-order valence-electron chi connectivity index (χ4n) is 1.62. The molecule has 0 saturated heterocycles. The van der Waals surface area contributed by atoms with Crippen LogP contribution >= 0.6 is 0 Å². The van der Waals surface area contributed by atoms with Crippen LogP contribution in [0.4, 0.5) is 0 Å². The van der Waals surface area contributed by atoms with Crippen LogP contribution < -0.4 is 0 Å². The van der Waals surface area contributed by atoms with E-state index in [-0.39, 0.29) is 16.9 Å². The first kappa shape index (κ1) is 14.0. The Kier molecular flexibility index (Phi) is 4.64. The molecule has 14 heavy (non-hydrogen) atoms. The van der Waals surface area contributed by atoms with Crippen molar-refractivity contribution in [2.24, 2.45) is 16.7 Å². The van der Waals surface area contributed by atoms with E-state index in [0.717, 1.165) is 12.8 Å². The van der Waals surface area contributed by atoms with Gasteiger partial charge in [-0.2, -0.15) is 0 Å². The van der Waals surface area contributed by atoms with Crippen LogP contribution in [0.3, 0.4) is 0 Å². The van der Waals surface area contributed by atoms with E-state index in [1.807, 2.05) is 0 Å². The molecule has 0 saturated carbocycles. The lowest BCUT2D eigenvalue weighted by atomic mass is 9.74. The van der Waals surface area contributed by atoms with Gasteiger partial charge in [-0.15, -0.1) is 0 Å². The predicted molar refractivity (Wildman–Crippen MR) is 63.3 cm³/mol. The Labute approximate surface area is 89.9 Å². The van der Waals surface area contributed by atoms with Crippen molar-refractivity contribution in [3.05, 3.63) is 0 Å². The Bertz CT molecular complexity index is 163. The first-order chi connectivity index (χ1) is 6.04. The molecule has 0 fully saturated rings. The molecule has 1 atom stereocenters. The van der Waals surface area contributed by atoms with Gasteiger partial charge in [0.05, 0.1) is 6.10 Å². The highest BCUT2D eigenvalue weighted by Gasteiger charge is 2.27. The van der Waals surface area contributed by atoms with Crippen LogP contribution in [0.25, 0.3) is 0 Å². The summed E-state index contributed by atoms with van der Waals surface area (Å²) in [7, 11) is 0. The zero-order chi connectivity index (χ0) is 11.6. The van der Waals surface area contributed by atoms with E-state index in [1.54, 1.807) is 0 Å². The molecule has 1 N–H and O–H groups in total. The summed E-state index contributed by atoms with van der Waals surface area (Å²) in [6.45, 7) is 15.5. The summed E-state index contributed by atoms with van der Waals surface area (Å²) in [5.74, 6) is 0.622. The van der Waals surface area contributed by atoms with Crippen LogP contribution in [0.1, 0.15) is 61.3 Å². The summed E-state index contributed by atoms with van der Waals surface area (Å²) in [5.41, 5.74) is 0.469. The maximum absolute atomic E-state index is 9.97. The summed E-state index contributed by atoms with van der Waals surface area (Å²) in [6.07, 6.45) is 1.64. The van der Waals surface area contributed by atoms with Crippen LogP contribution in [0.5, 0.6) is 0 Å². The second kappa shape index (κ2) is 4.65. The first-order valence-corrected chi connectivity index (χ1v) is 5.73. The summed E-state index contributed by atoms with van der Waals surface area (Å²) < 4.78 is 0. The lowest BCUT2D eigenvalue weighted by Gasteiger charge is -2.33. The molecule has 0 aromatic heterocycles. The molecule has 1 unspecified atom stereocenters. The molecule has 1 nitrogen and oxygen atoms in total. The van der Waals surface area contributed by atoms with Gasteiger partial charge >= 0.3 is 0 Å². The Morgan fingerprint density at radius 1 is 0.929 bits per heavy atom. The quantitative estimate of drug-likeness (QED) is 0.730. The molecule has 0 aliphatic carbocycles. The normalized spacial score (nSPS) is 16.1. The lowest BCUT2D eigenvalue weighted by molar-refractivity contribution is 0.0580. The maximum atomic E-state index is 9.97. The number of aliphatic hydroxyl groups excluding tert-OH is 1. The Balaban J connectivity index is 4.12. The maximum Gasteiger partial charge on any atom is 0.0550 e. The summed E-state index contributed by atoms with van der Waals surface area (Å²) >= 11 is 0. The van der Waals surface area contributed by atoms with Gasteiger partial charge in [0.15, 0.2) is 0 Å². The molecule has 0 aromatic carbocycles. The van der Waals surface area contributed by atoms with Crippen LogP contribution in [-0.2, 0) is 0 Å². The molecule has 0 aromatic rings. The molecule has 0 radical (unpaired) electrons. The standard InChI is InChI=1S/C13H28O/c1-10(2)13(6,7)9-11(14)8-12(3,4)5/h10-11,14H,8-9H2,1-7H3. The van der Waals surface area contributed by atoms with Crippen molar-refractivity contribution >= 4 is 0 Å². The highest BCUT2D eigenvalue weighted by Crippen LogP contribution is 2.34. The monoisotopic (exact) mass is 200 g/mol. The fraction of sp³-hybridized carbons (Fsp3) is 1.00. The van der Waals surface area contributed by atoms with E-state index in [1.165, 1.54) is 0 Å². The SMILES string of the molecule is CC(C)C(C)(C)CC(O)CC(C)(C)C. The lowest BCUT2D eigenvalue weighted by Crippen LogP contribution is -2.28. The average molecular weight is 200 g/mol. The smallest absolute Gasteiger partial charge is 0.0550 e. The van der Waals surface area contributed by atoms with Crippen molar-refractivity contribution in [1.29, 1.82) is 0 Å². The molecule has 0 bridgehead atoms. The first-order valence-electron chi connectivity index (χ1n) is 5.73. The second-order valence-electron chi connectivity index (χ2n) is 6.77. The third-order valence-corrected chi connectivity index (χ3v) is 3.17. The van der Waals surface area contributed by atoms with Gasteiger partial charge in [-0.25, -0.2) is 0 Å². The van der Waals surface area contributed by atoms with Gasteiger partial charge in [-0.05, 0) is 29.6 Å². The topological polar surface area (TPSA) is 20.2 Å². The molecule has 0 aliphatic rings. The minimum atomic E-state index is -0.160. The van der Waals surface area contributed by atoms with Crippen LogP contribution in [0, 0.1) is 16.7 Å². The molecule has 0 spiro atoms. The van der Waals surface area contributed by atoms with Gasteiger partial charge < -0.3 is 5.11 Å². The van der Waals surface area contributed by atoms with Crippen LogP contribution in [0.2, 0.25) is 0 Å². The zero-order valence-electron chi connectivity index (χ0n) is 11.0. The van der Waals surface area contributed by atoms with Gasteiger partial charge in [0, 0.05) is 0 Å². The minimum Gasteiger partial charge on any atom is -0.393 e. The number of hydrogen-bond acceptors (Lipinski definition) is 1. The summed E-state index contributed by atoms with van der Waals surface area (Å²) in [5, 5.41) is 9.97. The molecule has 0 heterocycles. The summed E-state index contributed by atoms with van der Waals surface area (Å²) in [4.78, 5) is 0. The van der Waals surface area contributed by atoms with Crippen LogP contribution in [0.15, 0.2) is 0 Å².